The lowest BCUT2D eigenvalue weighted by molar-refractivity contribution is -0.136. The van der Waals surface area contributed by atoms with Crippen LogP contribution in [-0.4, -0.2) is 20.7 Å². The molecular weight excluding hydrogens is 267 g/mol. The minimum absolute atomic E-state index is 0.219. The minimum atomic E-state index is -4.21. The normalized spacial score (nSPS) is 14.1. The van der Waals surface area contributed by atoms with E-state index in [1.807, 2.05) is 0 Å². The van der Waals surface area contributed by atoms with E-state index in [1.165, 1.54) is 10.8 Å². The van der Waals surface area contributed by atoms with Crippen LogP contribution in [0, 0.1) is 0 Å². The Kier molecular flexibility index (Phi) is 3.47. The molecule has 98 valence electrons. The van der Waals surface area contributed by atoms with Crippen molar-refractivity contribution in [2.24, 2.45) is 0 Å². The summed E-state index contributed by atoms with van der Waals surface area (Å²) in [6, 6.07) is 3.39. The van der Waals surface area contributed by atoms with Gasteiger partial charge in [-0.1, -0.05) is 0 Å². The molecule has 2 heterocycles. The molecule has 0 radical (unpaired) electrons. The number of aromatic nitrogens is 3. The maximum Gasteiger partial charge on any atom is 0.390 e. The lowest BCUT2D eigenvalue weighted by Crippen LogP contribution is -2.14. The second-order valence-electron chi connectivity index (χ2n) is 3.95. The van der Waals surface area contributed by atoms with E-state index in [0.717, 1.165) is 0 Å². The Labute approximate surface area is 107 Å². The third kappa shape index (κ3) is 2.75. The molecule has 1 atom stereocenters. The Morgan fingerprint density at radius 3 is 2.78 bits per heavy atom. The average molecular weight is 278 g/mol. The molecule has 0 bridgehead atoms. The van der Waals surface area contributed by atoms with Gasteiger partial charge in [-0.3, -0.25) is 0 Å². The van der Waals surface area contributed by atoms with Gasteiger partial charge in [-0.25, -0.2) is 9.97 Å². The summed E-state index contributed by atoms with van der Waals surface area (Å²) in [5, 5.41) is -0.465. The first kappa shape index (κ1) is 13.1. The molecule has 0 saturated carbocycles. The van der Waals surface area contributed by atoms with Crippen LogP contribution in [0.1, 0.15) is 24.5 Å². The largest absolute Gasteiger partial charge is 0.390 e. The van der Waals surface area contributed by atoms with Crippen LogP contribution >= 0.6 is 11.6 Å². The van der Waals surface area contributed by atoms with Gasteiger partial charge in [0, 0.05) is 12.7 Å². The van der Waals surface area contributed by atoms with Crippen LogP contribution in [0.25, 0.3) is 11.2 Å². The fourth-order valence-corrected chi connectivity index (χ4v) is 1.91. The molecule has 18 heavy (non-hydrogen) atoms. The Balaban J connectivity index is 2.42. The first-order chi connectivity index (χ1) is 8.38. The van der Waals surface area contributed by atoms with Gasteiger partial charge in [0.1, 0.15) is 11.3 Å². The third-order valence-corrected chi connectivity index (χ3v) is 2.70. The van der Waals surface area contributed by atoms with E-state index in [-0.39, 0.29) is 6.54 Å². The Morgan fingerprint density at radius 1 is 1.44 bits per heavy atom. The molecule has 3 nitrogen and oxygen atoms in total. The molecule has 0 saturated heterocycles. The maximum absolute atomic E-state index is 12.3. The Morgan fingerprint density at radius 2 is 2.17 bits per heavy atom. The van der Waals surface area contributed by atoms with Gasteiger partial charge in [0.2, 0.25) is 0 Å². The zero-order valence-corrected chi connectivity index (χ0v) is 10.3. The summed E-state index contributed by atoms with van der Waals surface area (Å²) in [5.41, 5.74) is 0.992. The van der Waals surface area contributed by atoms with E-state index in [2.05, 4.69) is 9.97 Å². The number of halogens is 4. The van der Waals surface area contributed by atoms with Crippen LogP contribution in [0.4, 0.5) is 13.2 Å². The molecule has 1 unspecified atom stereocenters. The molecule has 0 amide bonds. The number of pyridine rings is 1. The van der Waals surface area contributed by atoms with E-state index in [9.17, 15) is 13.2 Å². The quantitative estimate of drug-likeness (QED) is 0.801. The number of nitrogens with zero attached hydrogens (tertiary/aromatic N) is 3. The highest BCUT2D eigenvalue weighted by atomic mass is 35.5. The van der Waals surface area contributed by atoms with Crippen molar-refractivity contribution in [2.45, 2.75) is 31.4 Å². The molecule has 0 aromatic carbocycles. The number of imidazole rings is 1. The summed E-state index contributed by atoms with van der Waals surface area (Å²) in [7, 11) is 0. The van der Waals surface area contributed by atoms with Crippen LogP contribution in [0.2, 0.25) is 0 Å². The first-order valence-electron chi connectivity index (χ1n) is 5.40. The predicted octanol–water partition coefficient (Wildman–Crippen LogP) is 3.68. The standard InChI is InChI=1S/C11H11ClF3N3/c1-7(12)9-17-8-3-2-5-16-10(8)18(9)6-4-11(13,14)15/h2-3,5,7H,4,6H2,1H3. The van der Waals surface area contributed by atoms with Crippen LogP contribution in [-0.2, 0) is 6.54 Å². The van der Waals surface area contributed by atoms with Gasteiger partial charge in [0.25, 0.3) is 0 Å². The maximum atomic E-state index is 12.3. The van der Waals surface area contributed by atoms with Crippen molar-refractivity contribution in [3.8, 4) is 0 Å². The number of hydrogen-bond acceptors (Lipinski definition) is 2. The second-order valence-corrected chi connectivity index (χ2v) is 4.60. The highest BCUT2D eigenvalue weighted by Gasteiger charge is 2.28. The van der Waals surface area contributed by atoms with Crippen molar-refractivity contribution in [1.29, 1.82) is 0 Å². The van der Waals surface area contributed by atoms with Crippen molar-refractivity contribution < 1.29 is 13.2 Å². The fraction of sp³-hybridized carbons (Fsp3) is 0.455. The van der Waals surface area contributed by atoms with E-state index in [1.54, 1.807) is 19.1 Å². The molecule has 2 aromatic heterocycles. The third-order valence-electron chi connectivity index (χ3n) is 2.51. The van der Waals surface area contributed by atoms with Crippen molar-refractivity contribution in [1.82, 2.24) is 14.5 Å². The van der Waals surface area contributed by atoms with Gasteiger partial charge >= 0.3 is 6.18 Å². The van der Waals surface area contributed by atoms with Crippen molar-refractivity contribution in [3.05, 3.63) is 24.2 Å². The van der Waals surface area contributed by atoms with Gasteiger partial charge in [-0.2, -0.15) is 13.2 Å². The zero-order chi connectivity index (χ0) is 13.3. The summed E-state index contributed by atoms with van der Waals surface area (Å²) in [4.78, 5) is 8.27. The van der Waals surface area contributed by atoms with Crippen molar-refractivity contribution in [3.63, 3.8) is 0 Å². The summed E-state index contributed by atoms with van der Waals surface area (Å²) < 4.78 is 38.3. The number of rotatable bonds is 3. The van der Waals surface area contributed by atoms with Crippen LogP contribution in [0.15, 0.2) is 18.3 Å². The Hall–Kier alpha value is -1.30. The fourth-order valence-electron chi connectivity index (χ4n) is 1.74. The number of hydrogen-bond donors (Lipinski definition) is 0. The molecule has 0 aliphatic rings. The van der Waals surface area contributed by atoms with Crippen LogP contribution in [0.5, 0.6) is 0 Å². The smallest absolute Gasteiger partial charge is 0.311 e. The van der Waals surface area contributed by atoms with Gasteiger partial charge in [-0.15, -0.1) is 11.6 Å². The van der Waals surface area contributed by atoms with E-state index < -0.39 is 18.0 Å². The summed E-state index contributed by atoms with van der Waals surface area (Å²) >= 11 is 5.94. The van der Waals surface area contributed by atoms with Crippen molar-refractivity contribution >= 4 is 22.8 Å². The summed E-state index contributed by atoms with van der Waals surface area (Å²) in [5.74, 6) is 0.412. The van der Waals surface area contributed by atoms with Gasteiger partial charge in [0.15, 0.2) is 5.65 Å². The van der Waals surface area contributed by atoms with Crippen LogP contribution < -0.4 is 0 Å². The van der Waals surface area contributed by atoms with Gasteiger partial charge < -0.3 is 4.57 Å². The highest BCUT2D eigenvalue weighted by Crippen LogP contribution is 2.26. The zero-order valence-electron chi connectivity index (χ0n) is 9.58. The molecule has 0 N–H and O–H groups in total. The summed E-state index contributed by atoms with van der Waals surface area (Å²) in [6.45, 7) is 1.45. The molecule has 0 aliphatic heterocycles. The number of fused-ring (bicyclic) bond motifs is 1. The minimum Gasteiger partial charge on any atom is -0.311 e. The molecule has 2 rings (SSSR count). The molecule has 0 aliphatic carbocycles. The predicted molar refractivity (Wildman–Crippen MR) is 62.5 cm³/mol. The van der Waals surface area contributed by atoms with Crippen molar-refractivity contribution in [2.75, 3.05) is 0 Å². The van der Waals surface area contributed by atoms with E-state index in [0.29, 0.717) is 17.0 Å². The summed E-state index contributed by atoms with van der Waals surface area (Å²) in [6.07, 6.45) is -3.61. The monoisotopic (exact) mass is 277 g/mol. The first-order valence-corrected chi connectivity index (χ1v) is 5.84. The SMILES string of the molecule is CC(Cl)c1nc2cccnc2n1CCC(F)(F)F. The van der Waals surface area contributed by atoms with Gasteiger partial charge in [0.05, 0.1) is 11.8 Å². The molecule has 0 spiro atoms. The lowest BCUT2D eigenvalue weighted by atomic mass is 10.3. The topological polar surface area (TPSA) is 30.7 Å². The molecular formula is C11H11ClF3N3. The molecule has 7 heteroatoms. The molecule has 2 aromatic rings. The molecule has 0 fully saturated rings. The van der Waals surface area contributed by atoms with E-state index >= 15 is 0 Å². The van der Waals surface area contributed by atoms with Crippen LogP contribution in [0.3, 0.4) is 0 Å². The van der Waals surface area contributed by atoms with Gasteiger partial charge in [-0.05, 0) is 19.1 Å². The van der Waals surface area contributed by atoms with E-state index in [4.69, 9.17) is 11.6 Å². The lowest BCUT2D eigenvalue weighted by Gasteiger charge is -2.11. The average Bonchev–Trinajstić information content (AvgIpc) is 2.64. The Bertz CT molecular complexity index is 548. The highest BCUT2D eigenvalue weighted by molar-refractivity contribution is 6.20. The number of alkyl halides is 4. The number of aryl methyl sites for hydroxylation is 1. The second kappa shape index (κ2) is 4.76.